The Bertz CT molecular complexity index is 1070. The fourth-order valence-electron chi connectivity index (χ4n) is 4.14. The number of hydrogen-bond donors (Lipinski definition) is 1. The quantitative estimate of drug-likeness (QED) is 0.633. The van der Waals surface area contributed by atoms with E-state index < -0.39 is 47.3 Å². The minimum absolute atomic E-state index is 0.105. The van der Waals surface area contributed by atoms with Crippen LogP contribution in [-0.4, -0.2) is 42.5 Å². The van der Waals surface area contributed by atoms with E-state index in [1.165, 1.54) is 16.2 Å². The third kappa shape index (κ3) is 4.74. The minimum atomic E-state index is -5.05. The second-order valence-electron chi connectivity index (χ2n) is 8.20. The topological polar surface area (TPSA) is 58.6 Å². The van der Waals surface area contributed by atoms with Crippen LogP contribution in [-0.2, 0) is 15.7 Å². The van der Waals surface area contributed by atoms with Crippen molar-refractivity contribution >= 4 is 23.2 Å². The smallest absolute Gasteiger partial charge is 0.381 e. The van der Waals surface area contributed by atoms with E-state index in [9.17, 15) is 31.5 Å². The molecule has 3 heterocycles. The molecule has 2 fully saturated rings. The Morgan fingerprint density at radius 1 is 1.18 bits per heavy atom. The molecule has 2 amide bonds. The normalized spacial score (nSPS) is 19.9. The number of aryl methyl sites for hydroxylation is 1. The van der Waals surface area contributed by atoms with Gasteiger partial charge in [0.25, 0.3) is 5.91 Å². The first-order valence-electron chi connectivity index (χ1n) is 10.4. The maximum atomic E-state index is 14.7. The molecule has 2 aliphatic rings. The average Bonchev–Trinajstić information content (AvgIpc) is 3.35. The van der Waals surface area contributed by atoms with Gasteiger partial charge in [0.2, 0.25) is 5.91 Å². The van der Waals surface area contributed by atoms with Crippen LogP contribution < -0.4 is 5.32 Å². The second-order valence-corrected chi connectivity index (χ2v) is 9.49. The molecule has 1 aromatic carbocycles. The summed E-state index contributed by atoms with van der Waals surface area (Å²) in [5, 5.41) is 2.65. The van der Waals surface area contributed by atoms with Crippen LogP contribution in [0.15, 0.2) is 24.3 Å². The van der Waals surface area contributed by atoms with Crippen LogP contribution in [0.25, 0.3) is 0 Å². The molecule has 1 aromatic heterocycles. The number of benzene rings is 1. The molecule has 2 aliphatic heterocycles. The van der Waals surface area contributed by atoms with E-state index in [0.29, 0.717) is 30.3 Å². The molecule has 178 valence electrons. The van der Waals surface area contributed by atoms with Crippen molar-refractivity contribution in [2.45, 2.75) is 38.0 Å². The summed E-state index contributed by atoms with van der Waals surface area (Å²) in [6, 6.07) is 2.17. The molecule has 0 bridgehead atoms. The highest BCUT2D eigenvalue weighted by molar-refractivity contribution is 7.13. The lowest BCUT2D eigenvalue weighted by atomic mass is 9.90. The standard InChI is InChI=1S/C22H21F5N2O3S/c1-11-4-5-18(33-11)21(31)29-6-2-3-17(29)20(30)28-19(12-9-32-10-12)13-7-16(24)14(8-15(13)23)22(25,26)27/h4-5,7-8,12,17,19H,2-3,6,9-10H2,1H3,(H,28,30)/t17-,19-/m1/s1. The number of nitrogens with zero attached hydrogens (tertiary/aromatic N) is 1. The molecule has 33 heavy (non-hydrogen) atoms. The number of rotatable bonds is 5. The van der Waals surface area contributed by atoms with Crippen LogP contribution >= 0.6 is 11.3 Å². The summed E-state index contributed by atoms with van der Waals surface area (Å²) < 4.78 is 72.8. The Labute approximate surface area is 190 Å². The summed E-state index contributed by atoms with van der Waals surface area (Å²) in [6.07, 6.45) is -4.07. The summed E-state index contributed by atoms with van der Waals surface area (Å²) in [6.45, 7) is 2.50. The zero-order valence-electron chi connectivity index (χ0n) is 17.5. The Balaban J connectivity index is 1.58. The van der Waals surface area contributed by atoms with Crippen molar-refractivity contribution in [1.82, 2.24) is 10.2 Å². The van der Waals surface area contributed by atoms with Crippen molar-refractivity contribution in [2.75, 3.05) is 19.8 Å². The first kappa shape index (κ1) is 23.6. The van der Waals surface area contributed by atoms with Crippen LogP contribution in [0.2, 0.25) is 0 Å². The van der Waals surface area contributed by atoms with E-state index in [4.69, 9.17) is 4.74 Å². The third-order valence-electron chi connectivity index (χ3n) is 5.93. The number of likely N-dealkylation sites (tertiary alicyclic amines) is 1. The number of alkyl halides is 3. The summed E-state index contributed by atoms with van der Waals surface area (Å²) in [5.74, 6) is -4.18. The van der Waals surface area contributed by atoms with Crippen LogP contribution in [0.3, 0.4) is 0 Å². The van der Waals surface area contributed by atoms with Gasteiger partial charge in [-0.3, -0.25) is 9.59 Å². The van der Waals surface area contributed by atoms with Crippen LogP contribution in [0, 0.1) is 24.5 Å². The Morgan fingerprint density at radius 3 is 2.48 bits per heavy atom. The van der Waals surface area contributed by atoms with Gasteiger partial charge in [-0.05, 0) is 44.0 Å². The molecule has 1 N–H and O–H groups in total. The van der Waals surface area contributed by atoms with Gasteiger partial charge in [0, 0.05) is 22.9 Å². The lowest BCUT2D eigenvalue weighted by Gasteiger charge is -2.36. The molecule has 2 atom stereocenters. The van der Waals surface area contributed by atoms with E-state index in [1.807, 2.05) is 6.92 Å². The van der Waals surface area contributed by atoms with E-state index in [2.05, 4.69) is 5.32 Å². The van der Waals surface area contributed by atoms with E-state index in [0.717, 1.165) is 4.88 Å². The largest absolute Gasteiger partial charge is 0.419 e. The third-order valence-corrected chi connectivity index (χ3v) is 6.92. The fraction of sp³-hybridized carbons (Fsp3) is 0.455. The number of nitrogens with one attached hydrogen (secondary N) is 1. The SMILES string of the molecule is Cc1ccc(C(=O)N2CCC[C@@H]2C(=O)N[C@@H](c2cc(F)c(C(F)(F)F)cc2F)C2COC2)s1. The molecule has 11 heteroatoms. The van der Waals surface area contributed by atoms with E-state index >= 15 is 0 Å². The van der Waals surface area contributed by atoms with Crippen molar-refractivity contribution in [3.8, 4) is 0 Å². The van der Waals surface area contributed by atoms with Crippen molar-refractivity contribution in [2.24, 2.45) is 5.92 Å². The fourth-order valence-corrected chi connectivity index (χ4v) is 4.96. The Kier molecular flexibility index (Phi) is 6.45. The zero-order valence-corrected chi connectivity index (χ0v) is 18.4. The van der Waals surface area contributed by atoms with Gasteiger partial charge < -0.3 is 15.0 Å². The lowest BCUT2D eigenvalue weighted by Crippen LogP contribution is -2.50. The second kappa shape index (κ2) is 9.02. The van der Waals surface area contributed by atoms with Gasteiger partial charge in [0.15, 0.2) is 0 Å². The van der Waals surface area contributed by atoms with Gasteiger partial charge in [-0.15, -0.1) is 11.3 Å². The minimum Gasteiger partial charge on any atom is -0.381 e. The molecular weight excluding hydrogens is 467 g/mol. The zero-order chi connectivity index (χ0) is 23.9. The summed E-state index contributed by atoms with van der Waals surface area (Å²) >= 11 is 1.31. The lowest BCUT2D eigenvalue weighted by molar-refractivity contribution is -0.140. The summed E-state index contributed by atoms with van der Waals surface area (Å²) in [7, 11) is 0. The highest BCUT2D eigenvalue weighted by Gasteiger charge is 2.41. The van der Waals surface area contributed by atoms with Crippen LogP contribution in [0.5, 0.6) is 0 Å². The first-order chi connectivity index (χ1) is 15.6. The molecule has 0 unspecified atom stereocenters. The molecule has 2 aromatic rings. The highest BCUT2D eigenvalue weighted by Crippen LogP contribution is 2.37. The molecule has 0 aliphatic carbocycles. The molecule has 4 rings (SSSR count). The van der Waals surface area contributed by atoms with Gasteiger partial charge >= 0.3 is 6.18 Å². The number of thiophene rings is 1. The monoisotopic (exact) mass is 488 g/mol. The maximum absolute atomic E-state index is 14.7. The van der Waals surface area contributed by atoms with Gasteiger partial charge in [-0.1, -0.05) is 0 Å². The van der Waals surface area contributed by atoms with Crippen molar-refractivity contribution in [1.29, 1.82) is 0 Å². The molecule has 5 nitrogen and oxygen atoms in total. The molecule has 0 saturated carbocycles. The predicted molar refractivity (Wildman–Crippen MR) is 110 cm³/mol. The highest BCUT2D eigenvalue weighted by atomic mass is 32.1. The number of ether oxygens (including phenoxy) is 1. The van der Waals surface area contributed by atoms with Gasteiger partial charge in [-0.25, -0.2) is 8.78 Å². The van der Waals surface area contributed by atoms with Gasteiger partial charge in [0.1, 0.15) is 17.7 Å². The number of amides is 2. The number of hydrogen-bond acceptors (Lipinski definition) is 4. The number of carbonyl (C=O) groups excluding carboxylic acids is 2. The molecule has 0 spiro atoms. The van der Waals surface area contributed by atoms with Crippen LogP contribution in [0.4, 0.5) is 22.0 Å². The molecule has 2 saturated heterocycles. The first-order valence-corrected chi connectivity index (χ1v) is 11.2. The summed E-state index contributed by atoms with van der Waals surface area (Å²) in [5.41, 5.74) is -2.09. The molecule has 0 radical (unpaired) electrons. The van der Waals surface area contributed by atoms with Crippen molar-refractivity contribution in [3.63, 3.8) is 0 Å². The predicted octanol–water partition coefficient (Wildman–Crippen LogP) is 4.46. The Morgan fingerprint density at radius 2 is 1.91 bits per heavy atom. The Hall–Kier alpha value is -2.53. The van der Waals surface area contributed by atoms with Crippen molar-refractivity contribution < 1.29 is 36.3 Å². The van der Waals surface area contributed by atoms with Gasteiger partial charge in [-0.2, -0.15) is 13.2 Å². The molecular formula is C22H21F5N2O3S. The maximum Gasteiger partial charge on any atom is 0.419 e. The van der Waals surface area contributed by atoms with Gasteiger partial charge in [0.05, 0.1) is 29.7 Å². The average molecular weight is 488 g/mol. The van der Waals surface area contributed by atoms with Crippen LogP contribution in [0.1, 0.15) is 44.6 Å². The summed E-state index contributed by atoms with van der Waals surface area (Å²) in [4.78, 5) is 28.9. The number of halogens is 5. The van der Waals surface area contributed by atoms with Crippen molar-refractivity contribution in [3.05, 3.63) is 56.8 Å². The number of carbonyl (C=O) groups is 2. The van der Waals surface area contributed by atoms with E-state index in [-0.39, 0.29) is 30.8 Å². The van der Waals surface area contributed by atoms with E-state index in [1.54, 1.807) is 12.1 Å².